The summed E-state index contributed by atoms with van der Waals surface area (Å²) in [4.78, 5) is 24.5. The molecule has 0 aliphatic rings. The third-order valence-electron chi connectivity index (χ3n) is 5.48. The Kier molecular flexibility index (Phi) is 7.67. The van der Waals surface area contributed by atoms with Crippen LogP contribution < -0.4 is 26.3 Å². The molecule has 1 heterocycles. The number of aromatic nitrogens is 1. The number of methoxy groups -OCH3 is 2. The van der Waals surface area contributed by atoms with Crippen molar-refractivity contribution in [1.29, 1.82) is 0 Å². The summed E-state index contributed by atoms with van der Waals surface area (Å²) >= 11 is 1.39. The van der Waals surface area contributed by atoms with Crippen molar-refractivity contribution >= 4 is 29.0 Å². The first-order valence-electron chi connectivity index (χ1n) is 10.4. The van der Waals surface area contributed by atoms with E-state index in [2.05, 4.69) is 15.8 Å². The molecule has 2 aromatic carbocycles. The summed E-state index contributed by atoms with van der Waals surface area (Å²) in [5, 5.41) is 2.80. The fourth-order valence-corrected chi connectivity index (χ4v) is 4.21. The molecule has 0 fully saturated rings. The van der Waals surface area contributed by atoms with E-state index in [0.29, 0.717) is 11.4 Å². The normalized spacial score (nSPS) is 11.7. The first-order chi connectivity index (χ1) is 15.7. The third-order valence-corrected chi connectivity index (χ3v) is 6.33. The van der Waals surface area contributed by atoms with Gasteiger partial charge in [0.05, 0.1) is 30.8 Å². The number of benzene rings is 2. The molecule has 3 aromatic rings. The van der Waals surface area contributed by atoms with Crippen LogP contribution in [0.1, 0.15) is 24.0 Å². The summed E-state index contributed by atoms with van der Waals surface area (Å²) in [6, 6.07) is 8.76. The maximum Gasteiger partial charge on any atom is 0.241 e. The molecule has 1 aromatic heterocycles. The second-order valence-electron chi connectivity index (χ2n) is 7.70. The Hall–Kier alpha value is -3.43. The molecule has 0 aliphatic heterocycles. The van der Waals surface area contributed by atoms with E-state index in [-0.39, 0.29) is 12.8 Å². The standard InChI is InChI=1S/C24H28N4O4S/c1-13-9-16(11-21(32-4)14(13)2)23-17(12-27-33-23)15-5-7-20(31-3)19(10-15)28-24(30)18(25)6-8-22(26)29/h5,7,9-12,18H,6,8,25H2,1-4H3,(H2,26,29)(H,28,30)/t18-/m1/s1. The van der Waals surface area contributed by atoms with E-state index in [1.807, 2.05) is 32.0 Å². The van der Waals surface area contributed by atoms with Crippen LogP contribution in [0.2, 0.25) is 0 Å². The van der Waals surface area contributed by atoms with Crippen LogP contribution in [0.15, 0.2) is 36.5 Å². The lowest BCUT2D eigenvalue weighted by atomic mass is 9.99. The number of amides is 2. The minimum absolute atomic E-state index is 0.0368. The van der Waals surface area contributed by atoms with Crippen molar-refractivity contribution in [1.82, 2.24) is 4.37 Å². The van der Waals surface area contributed by atoms with Crippen molar-refractivity contribution in [2.75, 3.05) is 19.5 Å². The van der Waals surface area contributed by atoms with E-state index < -0.39 is 17.9 Å². The Morgan fingerprint density at radius 3 is 2.48 bits per heavy atom. The lowest BCUT2D eigenvalue weighted by molar-refractivity contribution is -0.119. The van der Waals surface area contributed by atoms with E-state index >= 15 is 0 Å². The fourth-order valence-electron chi connectivity index (χ4n) is 3.45. The molecule has 5 N–H and O–H groups in total. The number of aryl methyl sites for hydroxylation is 1. The maximum absolute atomic E-state index is 12.6. The van der Waals surface area contributed by atoms with Gasteiger partial charge in [-0.15, -0.1) is 0 Å². The van der Waals surface area contributed by atoms with Gasteiger partial charge in [0.25, 0.3) is 0 Å². The van der Waals surface area contributed by atoms with Crippen molar-refractivity contribution in [2.45, 2.75) is 32.7 Å². The summed E-state index contributed by atoms with van der Waals surface area (Å²) in [5.74, 6) is 0.385. The SMILES string of the molecule is COc1ccc(-c2cnsc2-c2cc(C)c(C)c(OC)c2)cc1NC(=O)[C@H](N)CCC(N)=O. The van der Waals surface area contributed by atoms with Crippen LogP contribution in [-0.4, -0.2) is 36.4 Å². The highest BCUT2D eigenvalue weighted by Gasteiger charge is 2.19. The molecule has 174 valence electrons. The molecule has 0 aliphatic carbocycles. The third kappa shape index (κ3) is 5.50. The molecule has 0 saturated heterocycles. The number of nitrogens with one attached hydrogen (secondary N) is 1. The number of carbonyl (C=O) groups excluding carboxylic acids is 2. The van der Waals surface area contributed by atoms with Crippen LogP contribution in [0.5, 0.6) is 11.5 Å². The summed E-state index contributed by atoms with van der Waals surface area (Å²) in [6.45, 7) is 4.07. The summed E-state index contributed by atoms with van der Waals surface area (Å²) in [6.07, 6.45) is 2.00. The Labute approximate surface area is 197 Å². The predicted octanol–water partition coefficient (Wildman–Crippen LogP) is 3.64. The molecule has 0 unspecified atom stereocenters. The van der Waals surface area contributed by atoms with Gasteiger partial charge in [0, 0.05) is 18.2 Å². The van der Waals surface area contributed by atoms with E-state index in [0.717, 1.165) is 38.4 Å². The molecule has 9 heteroatoms. The van der Waals surface area contributed by atoms with E-state index in [9.17, 15) is 9.59 Å². The van der Waals surface area contributed by atoms with Gasteiger partial charge in [-0.1, -0.05) is 12.1 Å². The first-order valence-corrected chi connectivity index (χ1v) is 11.2. The van der Waals surface area contributed by atoms with Crippen molar-refractivity contribution < 1.29 is 19.1 Å². The quantitative estimate of drug-likeness (QED) is 0.440. The Balaban J connectivity index is 1.95. The number of anilines is 1. The minimum atomic E-state index is -0.868. The van der Waals surface area contributed by atoms with Gasteiger partial charge in [-0.25, -0.2) is 0 Å². The Morgan fingerprint density at radius 1 is 1.09 bits per heavy atom. The second kappa shape index (κ2) is 10.5. The van der Waals surface area contributed by atoms with Gasteiger partial charge in [0.2, 0.25) is 11.8 Å². The molecule has 33 heavy (non-hydrogen) atoms. The first kappa shape index (κ1) is 24.2. The van der Waals surface area contributed by atoms with Crippen molar-refractivity contribution in [3.63, 3.8) is 0 Å². The molecule has 8 nitrogen and oxygen atoms in total. The van der Waals surface area contributed by atoms with E-state index in [4.69, 9.17) is 20.9 Å². The van der Waals surface area contributed by atoms with Gasteiger partial charge in [0.1, 0.15) is 11.5 Å². The molecular weight excluding hydrogens is 440 g/mol. The average Bonchev–Trinajstić information content (AvgIpc) is 3.29. The van der Waals surface area contributed by atoms with Crippen LogP contribution in [-0.2, 0) is 9.59 Å². The highest BCUT2D eigenvalue weighted by Crippen LogP contribution is 2.40. The predicted molar refractivity (Wildman–Crippen MR) is 131 cm³/mol. The average molecular weight is 469 g/mol. The maximum atomic E-state index is 12.6. The smallest absolute Gasteiger partial charge is 0.241 e. The number of ether oxygens (including phenoxy) is 2. The van der Waals surface area contributed by atoms with Gasteiger partial charge in [-0.3, -0.25) is 9.59 Å². The number of nitrogens with two attached hydrogens (primary N) is 2. The zero-order chi connectivity index (χ0) is 24.1. The highest BCUT2D eigenvalue weighted by molar-refractivity contribution is 7.10. The molecule has 2 amide bonds. The van der Waals surface area contributed by atoms with Gasteiger partial charge in [-0.2, -0.15) is 4.37 Å². The zero-order valence-corrected chi connectivity index (χ0v) is 19.9. The summed E-state index contributed by atoms with van der Waals surface area (Å²) in [7, 11) is 3.18. The molecule has 3 rings (SSSR count). The van der Waals surface area contributed by atoms with Crippen LogP contribution >= 0.6 is 11.5 Å². The van der Waals surface area contributed by atoms with Crippen LogP contribution in [0.25, 0.3) is 21.6 Å². The second-order valence-corrected chi connectivity index (χ2v) is 8.51. The molecule has 0 saturated carbocycles. The highest BCUT2D eigenvalue weighted by atomic mass is 32.1. The molecule has 0 spiro atoms. The number of nitrogens with zero attached hydrogens (tertiary/aromatic N) is 1. The summed E-state index contributed by atoms with van der Waals surface area (Å²) < 4.78 is 15.4. The topological polar surface area (TPSA) is 130 Å². The molecule has 1 atom stereocenters. The number of carbonyl (C=O) groups is 2. The molecule has 0 bridgehead atoms. The number of primary amides is 1. The van der Waals surface area contributed by atoms with Crippen molar-refractivity contribution in [2.24, 2.45) is 11.5 Å². The van der Waals surface area contributed by atoms with Crippen molar-refractivity contribution in [3.05, 3.63) is 47.7 Å². The zero-order valence-electron chi connectivity index (χ0n) is 19.1. The molecular formula is C24H28N4O4S. The fraction of sp³-hybridized carbons (Fsp3) is 0.292. The van der Waals surface area contributed by atoms with Gasteiger partial charge in [-0.05, 0) is 72.3 Å². The van der Waals surface area contributed by atoms with Gasteiger partial charge >= 0.3 is 0 Å². The molecule has 0 radical (unpaired) electrons. The lowest BCUT2D eigenvalue weighted by Gasteiger charge is -2.15. The van der Waals surface area contributed by atoms with Gasteiger partial charge in [0.15, 0.2) is 0 Å². The number of hydrogen-bond acceptors (Lipinski definition) is 7. The number of rotatable bonds is 9. The summed E-state index contributed by atoms with van der Waals surface area (Å²) in [5.41, 5.74) is 16.5. The monoisotopic (exact) mass is 468 g/mol. The lowest BCUT2D eigenvalue weighted by Crippen LogP contribution is -2.36. The minimum Gasteiger partial charge on any atom is -0.496 e. The van der Waals surface area contributed by atoms with E-state index in [1.165, 1.54) is 18.6 Å². The Bertz CT molecular complexity index is 1180. The van der Waals surface area contributed by atoms with Crippen LogP contribution in [0.3, 0.4) is 0 Å². The number of hydrogen-bond donors (Lipinski definition) is 3. The van der Waals surface area contributed by atoms with Gasteiger partial charge < -0.3 is 26.3 Å². The van der Waals surface area contributed by atoms with Crippen molar-refractivity contribution in [3.8, 4) is 33.1 Å². The Morgan fingerprint density at radius 2 is 1.82 bits per heavy atom. The largest absolute Gasteiger partial charge is 0.496 e. The van der Waals surface area contributed by atoms with E-state index in [1.54, 1.807) is 19.4 Å². The van der Waals surface area contributed by atoms with Crippen LogP contribution in [0.4, 0.5) is 5.69 Å². The van der Waals surface area contributed by atoms with Crippen LogP contribution in [0, 0.1) is 13.8 Å².